The third-order valence-corrected chi connectivity index (χ3v) is 1.66. The highest BCUT2D eigenvalue weighted by Crippen LogP contribution is 2.11. The first-order valence-corrected chi connectivity index (χ1v) is 3.44. The number of aliphatic carboxylic acids is 3. The molecule has 0 aliphatic rings. The van der Waals surface area contributed by atoms with E-state index in [1.165, 1.54) is 0 Å². The van der Waals surface area contributed by atoms with Crippen LogP contribution in [0.15, 0.2) is 0 Å². The smallest absolute Gasteiger partial charge is 0.326 e. The molecule has 0 spiro atoms. The zero-order valence-electron chi connectivity index (χ0n) is 7.01. The van der Waals surface area contributed by atoms with E-state index in [9.17, 15) is 14.4 Å². The van der Waals surface area contributed by atoms with Gasteiger partial charge >= 0.3 is 17.9 Å². The summed E-state index contributed by atoms with van der Waals surface area (Å²) < 4.78 is 0. The Bertz CT molecular complexity index is 277. The molecule has 0 aromatic rings. The van der Waals surface area contributed by atoms with Crippen molar-refractivity contribution >= 4 is 17.9 Å². The van der Waals surface area contributed by atoms with Gasteiger partial charge in [0.2, 0.25) is 0 Å². The van der Waals surface area contributed by atoms with Crippen LogP contribution in [0.5, 0.6) is 0 Å². The molecule has 0 saturated heterocycles. The highest BCUT2D eigenvalue weighted by atomic mass is 16.4. The monoisotopic (exact) mass is 206 g/mol. The Balaban J connectivity index is 4.99. The van der Waals surface area contributed by atoms with Gasteiger partial charge in [-0.3, -0.25) is 14.4 Å². The molecule has 0 fully saturated rings. The second-order valence-corrected chi connectivity index (χ2v) is 2.73. The van der Waals surface area contributed by atoms with Crippen LogP contribution in [0.25, 0.3) is 0 Å². The first-order chi connectivity index (χ1) is 6.21. The van der Waals surface area contributed by atoms with E-state index in [-0.39, 0.29) is 0 Å². The quantitative estimate of drug-likeness (QED) is 0.333. The Hall–Kier alpha value is -1.67. The summed E-state index contributed by atoms with van der Waals surface area (Å²) in [6, 6.07) is -1.98. The summed E-state index contributed by atoms with van der Waals surface area (Å²) in [5.74, 6) is -4.97. The van der Waals surface area contributed by atoms with Crippen LogP contribution in [0.4, 0.5) is 0 Å². The Labute approximate surface area is 78.1 Å². The molecule has 0 unspecified atom stereocenters. The first-order valence-electron chi connectivity index (χ1n) is 3.44. The average molecular weight is 206 g/mol. The van der Waals surface area contributed by atoms with E-state index in [0.29, 0.717) is 0 Å². The normalized spacial score (nSPS) is 16.7. The molecular weight excluding hydrogens is 196 g/mol. The van der Waals surface area contributed by atoms with E-state index >= 15 is 0 Å². The number of nitrogens with two attached hydrogens (primary N) is 2. The molecule has 14 heavy (non-hydrogen) atoms. The van der Waals surface area contributed by atoms with E-state index < -0.39 is 35.9 Å². The molecule has 0 bridgehead atoms. The van der Waals surface area contributed by atoms with Crippen LogP contribution in [-0.4, -0.2) is 44.8 Å². The predicted molar refractivity (Wildman–Crippen MR) is 42.4 cm³/mol. The van der Waals surface area contributed by atoms with Crippen LogP contribution in [0, 0.1) is 0 Å². The maximum atomic E-state index is 10.6. The minimum absolute atomic E-state index is 1.06. The number of carbonyl (C=O) groups is 3. The summed E-state index contributed by atoms with van der Waals surface area (Å²) >= 11 is 0. The van der Waals surface area contributed by atoms with Crippen molar-refractivity contribution in [3.8, 4) is 0 Å². The number of carboxylic acids is 3. The predicted octanol–water partition coefficient (Wildman–Crippen LogP) is -2.34. The zero-order valence-corrected chi connectivity index (χ0v) is 7.01. The van der Waals surface area contributed by atoms with Crippen molar-refractivity contribution in [2.45, 2.75) is 18.0 Å². The lowest BCUT2D eigenvalue weighted by atomic mass is 9.88. The minimum Gasteiger partial charge on any atom is -0.481 e. The molecule has 2 atom stereocenters. The van der Waals surface area contributed by atoms with Crippen molar-refractivity contribution in [3.05, 3.63) is 0 Å². The summed E-state index contributed by atoms with van der Waals surface area (Å²) in [4.78, 5) is 31.2. The Morgan fingerprint density at radius 2 is 1.64 bits per heavy atom. The highest BCUT2D eigenvalue weighted by molar-refractivity contribution is 5.92. The molecule has 0 saturated carbocycles. The van der Waals surface area contributed by atoms with Gasteiger partial charge in [-0.05, 0) is 0 Å². The van der Waals surface area contributed by atoms with E-state index in [0.717, 1.165) is 0 Å². The van der Waals surface area contributed by atoms with Gasteiger partial charge in [-0.25, -0.2) is 0 Å². The topological polar surface area (TPSA) is 164 Å². The molecule has 7 N–H and O–H groups in total. The molecule has 0 radical (unpaired) electrons. The van der Waals surface area contributed by atoms with Crippen LogP contribution >= 0.6 is 0 Å². The molecule has 0 aliphatic carbocycles. The molecular formula is C6H10N2O6. The van der Waals surface area contributed by atoms with Gasteiger partial charge in [0.25, 0.3) is 0 Å². The number of hydrogen-bond acceptors (Lipinski definition) is 5. The van der Waals surface area contributed by atoms with E-state index in [1.807, 2.05) is 0 Å². The second-order valence-electron chi connectivity index (χ2n) is 2.73. The van der Waals surface area contributed by atoms with Crippen LogP contribution in [0.3, 0.4) is 0 Å². The summed E-state index contributed by atoms with van der Waals surface area (Å²) in [6.45, 7) is 0. The van der Waals surface area contributed by atoms with Gasteiger partial charge in [-0.1, -0.05) is 0 Å². The van der Waals surface area contributed by atoms with Crippen molar-refractivity contribution in [1.82, 2.24) is 0 Å². The third kappa shape index (κ3) is 2.41. The summed E-state index contributed by atoms with van der Waals surface area (Å²) in [5, 5.41) is 25.3. The molecule has 0 aromatic carbocycles. The Morgan fingerprint density at radius 3 is 1.86 bits per heavy atom. The van der Waals surface area contributed by atoms with Gasteiger partial charge in [-0.2, -0.15) is 0 Å². The largest absolute Gasteiger partial charge is 0.481 e. The molecule has 80 valence electrons. The fourth-order valence-electron chi connectivity index (χ4n) is 0.789. The number of carboxylic acid groups (broad SMARTS) is 3. The number of hydrogen-bond donors (Lipinski definition) is 5. The van der Waals surface area contributed by atoms with Crippen molar-refractivity contribution in [3.63, 3.8) is 0 Å². The zero-order chi connectivity index (χ0) is 11.5. The lowest BCUT2D eigenvalue weighted by molar-refractivity contribution is -0.155. The van der Waals surface area contributed by atoms with Gasteiger partial charge in [0.15, 0.2) is 5.54 Å². The SMILES string of the molecule is N[C@@H](C(=O)O)[C@](N)(CC(=O)O)C(=O)O. The van der Waals surface area contributed by atoms with E-state index in [2.05, 4.69) is 0 Å². The summed E-state index contributed by atoms with van der Waals surface area (Å²) in [6.07, 6.45) is -1.06. The second kappa shape index (κ2) is 4.03. The van der Waals surface area contributed by atoms with Gasteiger partial charge < -0.3 is 26.8 Å². The molecule has 0 rings (SSSR count). The van der Waals surface area contributed by atoms with Gasteiger partial charge in [-0.15, -0.1) is 0 Å². The van der Waals surface area contributed by atoms with E-state index in [1.54, 1.807) is 0 Å². The lowest BCUT2D eigenvalue weighted by Crippen LogP contribution is -2.64. The standard InChI is InChI=1S/C6H10N2O6/c7-3(4(11)12)6(8,5(13)14)1-2(9)10/h3H,1,7-8H2,(H,9,10)(H,11,12)(H,13,14)/t3-,6+/m0/s1. The average Bonchev–Trinajstić information content (AvgIpc) is 2.00. The van der Waals surface area contributed by atoms with Gasteiger partial charge in [0, 0.05) is 0 Å². The third-order valence-electron chi connectivity index (χ3n) is 1.66. The Kier molecular flexibility index (Phi) is 3.55. The summed E-state index contributed by atoms with van der Waals surface area (Å²) in [7, 11) is 0. The highest BCUT2D eigenvalue weighted by Gasteiger charge is 2.46. The van der Waals surface area contributed by atoms with Crippen molar-refractivity contribution in [2.24, 2.45) is 11.5 Å². The summed E-state index contributed by atoms with van der Waals surface area (Å²) in [5.41, 5.74) is 7.57. The molecule has 8 heteroatoms. The van der Waals surface area contributed by atoms with Crippen LogP contribution in [0.2, 0.25) is 0 Å². The fraction of sp³-hybridized carbons (Fsp3) is 0.500. The van der Waals surface area contributed by atoms with Crippen LogP contribution < -0.4 is 11.5 Å². The van der Waals surface area contributed by atoms with Gasteiger partial charge in [0.1, 0.15) is 6.04 Å². The van der Waals surface area contributed by atoms with E-state index in [4.69, 9.17) is 26.8 Å². The van der Waals surface area contributed by atoms with Crippen molar-refractivity contribution < 1.29 is 29.7 Å². The molecule has 0 aliphatic heterocycles. The lowest BCUT2D eigenvalue weighted by Gasteiger charge is -2.26. The first kappa shape index (κ1) is 12.3. The van der Waals surface area contributed by atoms with Crippen molar-refractivity contribution in [1.29, 1.82) is 0 Å². The Morgan fingerprint density at radius 1 is 1.21 bits per heavy atom. The van der Waals surface area contributed by atoms with Gasteiger partial charge in [0.05, 0.1) is 6.42 Å². The molecule has 0 aromatic heterocycles. The molecule has 0 amide bonds. The maximum absolute atomic E-state index is 10.6. The molecule has 0 heterocycles. The van der Waals surface area contributed by atoms with Crippen LogP contribution in [-0.2, 0) is 14.4 Å². The fourth-order valence-corrected chi connectivity index (χ4v) is 0.789. The maximum Gasteiger partial charge on any atom is 0.326 e. The number of rotatable bonds is 5. The molecule has 8 nitrogen and oxygen atoms in total. The minimum atomic E-state index is -2.50. The van der Waals surface area contributed by atoms with Crippen LogP contribution in [0.1, 0.15) is 6.42 Å². The van der Waals surface area contributed by atoms with Crippen molar-refractivity contribution in [2.75, 3.05) is 0 Å².